The van der Waals surface area contributed by atoms with Gasteiger partial charge in [0.25, 0.3) is 0 Å². The molecule has 0 radical (unpaired) electrons. The minimum atomic E-state index is -0.731. The maximum atomic E-state index is 13.5. The Bertz CT molecular complexity index is 673. The number of ether oxygens (including phenoxy) is 4. The quantitative estimate of drug-likeness (QED) is 0.755. The van der Waals surface area contributed by atoms with Gasteiger partial charge < -0.3 is 23.8 Å². The number of carbonyl (C=O) groups excluding carboxylic acids is 2. The van der Waals surface area contributed by atoms with E-state index in [1.54, 1.807) is 6.92 Å². The van der Waals surface area contributed by atoms with Crippen LogP contribution in [0.25, 0.3) is 0 Å². The molecule has 0 aliphatic carbocycles. The summed E-state index contributed by atoms with van der Waals surface area (Å²) >= 11 is 0. The summed E-state index contributed by atoms with van der Waals surface area (Å²) in [6.45, 7) is 1.92. The molecule has 7 nitrogen and oxygen atoms in total. The molecule has 0 fully saturated rings. The van der Waals surface area contributed by atoms with Crippen LogP contribution in [0.2, 0.25) is 0 Å². The van der Waals surface area contributed by atoms with Crippen LogP contribution in [0.5, 0.6) is 5.75 Å². The summed E-state index contributed by atoms with van der Waals surface area (Å²) in [5.41, 5.74) is 0.366. The number of halogens is 1. The van der Waals surface area contributed by atoms with Crippen molar-refractivity contribution in [1.29, 1.82) is 0 Å². The molecular formula is C16H18FNO6. The zero-order valence-electron chi connectivity index (χ0n) is 13.6. The van der Waals surface area contributed by atoms with Gasteiger partial charge in [-0.05, 0) is 19.1 Å². The molecule has 1 heterocycles. The highest BCUT2D eigenvalue weighted by Crippen LogP contribution is 2.34. The fraction of sp³-hybridized carbons (Fsp3) is 0.375. The average Bonchev–Trinajstić information content (AvgIpc) is 2.60. The van der Waals surface area contributed by atoms with Gasteiger partial charge in [0.2, 0.25) is 0 Å². The van der Waals surface area contributed by atoms with E-state index >= 15 is 0 Å². The molecule has 8 heteroatoms. The second kappa shape index (κ2) is 7.78. The standard InChI is InChI=1S/C16H18FNO6/c1-4-24-13-7-10(17)5-6-12(13)18-9-23-8-11(15(19)21-2)14(18)16(20)22-3/h5-7H,4,8-9H2,1-3H3. The molecule has 24 heavy (non-hydrogen) atoms. The van der Waals surface area contributed by atoms with Crippen LogP contribution in [0.3, 0.4) is 0 Å². The Morgan fingerprint density at radius 2 is 1.96 bits per heavy atom. The SMILES string of the molecule is CCOc1cc(F)ccc1N1COCC(C(=O)OC)=C1C(=O)OC. The fourth-order valence-corrected chi connectivity index (χ4v) is 2.32. The summed E-state index contributed by atoms with van der Waals surface area (Å²) in [5, 5.41) is 0. The van der Waals surface area contributed by atoms with Crippen molar-refractivity contribution in [2.45, 2.75) is 6.92 Å². The smallest absolute Gasteiger partial charge is 0.355 e. The van der Waals surface area contributed by atoms with Crippen LogP contribution >= 0.6 is 0 Å². The first-order valence-electron chi connectivity index (χ1n) is 7.20. The van der Waals surface area contributed by atoms with Gasteiger partial charge >= 0.3 is 11.9 Å². The van der Waals surface area contributed by atoms with Crippen LogP contribution in [0.4, 0.5) is 10.1 Å². The lowest BCUT2D eigenvalue weighted by Crippen LogP contribution is -2.39. The largest absolute Gasteiger partial charge is 0.492 e. The molecule has 130 valence electrons. The number of methoxy groups -OCH3 is 2. The van der Waals surface area contributed by atoms with Crippen molar-refractivity contribution in [3.8, 4) is 5.75 Å². The summed E-state index contributed by atoms with van der Waals surface area (Å²) < 4.78 is 33.8. The number of carbonyl (C=O) groups is 2. The highest BCUT2D eigenvalue weighted by molar-refractivity contribution is 6.03. The first-order valence-corrected chi connectivity index (χ1v) is 7.20. The van der Waals surface area contributed by atoms with Crippen molar-refractivity contribution in [2.24, 2.45) is 0 Å². The third-order valence-electron chi connectivity index (χ3n) is 3.35. The van der Waals surface area contributed by atoms with Crippen molar-refractivity contribution >= 4 is 17.6 Å². The zero-order chi connectivity index (χ0) is 17.7. The summed E-state index contributed by atoms with van der Waals surface area (Å²) in [7, 11) is 2.40. The van der Waals surface area contributed by atoms with E-state index in [0.717, 1.165) is 0 Å². The Hall–Kier alpha value is -2.61. The molecule has 0 N–H and O–H groups in total. The van der Waals surface area contributed by atoms with Gasteiger partial charge in [0.1, 0.15) is 24.0 Å². The molecule has 1 aromatic carbocycles. The van der Waals surface area contributed by atoms with E-state index in [2.05, 4.69) is 0 Å². The lowest BCUT2D eigenvalue weighted by molar-refractivity contribution is -0.140. The van der Waals surface area contributed by atoms with Gasteiger partial charge in [0.15, 0.2) is 0 Å². The Balaban J connectivity index is 2.59. The second-order valence-corrected chi connectivity index (χ2v) is 4.76. The van der Waals surface area contributed by atoms with Crippen LogP contribution in [-0.4, -0.2) is 46.1 Å². The van der Waals surface area contributed by atoms with Crippen LogP contribution in [-0.2, 0) is 23.8 Å². The van der Waals surface area contributed by atoms with Crippen LogP contribution in [0.1, 0.15) is 6.92 Å². The van der Waals surface area contributed by atoms with Crippen LogP contribution in [0.15, 0.2) is 29.5 Å². The Morgan fingerprint density at radius 3 is 2.58 bits per heavy atom. The summed E-state index contributed by atoms with van der Waals surface area (Å²) in [6, 6.07) is 3.85. The molecule has 0 saturated heterocycles. The normalized spacial score (nSPS) is 14.4. The van der Waals surface area contributed by atoms with E-state index < -0.39 is 17.8 Å². The maximum absolute atomic E-state index is 13.5. The number of esters is 2. The number of nitrogens with zero attached hydrogens (tertiary/aromatic N) is 1. The van der Waals surface area contributed by atoms with Crippen molar-refractivity contribution in [3.63, 3.8) is 0 Å². The van der Waals surface area contributed by atoms with E-state index in [9.17, 15) is 14.0 Å². The van der Waals surface area contributed by atoms with Crippen LogP contribution in [0, 0.1) is 5.82 Å². The van der Waals surface area contributed by atoms with Gasteiger partial charge in [0.05, 0.1) is 38.7 Å². The molecule has 1 aliphatic heterocycles. The molecule has 2 rings (SSSR count). The molecule has 0 atom stereocenters. The molecule has 0 spiro atoms. The van der Waals surface area contributed by atoms with Crippen molar-refractivity contribution < 1.29 is 32.9 Å². The molecule has 0 bridgehead atoms. The monoisotopic (exact) mass is 339 g/mol. The van der Waals surface area contributed by atoms with Gasteiger partial charge in [-0.15, -0.1) is 0 Å². The molecule has 0 saturated carbocycles. The lowest BCUT2D eigenvalue weighted by Gasteiger charge is -2.32. The first kappa shape index (κ1) is 17.7. The summed E-state index contributed by atoms with van der Waals surface area (Å²) in [5.74, 6) is -1.71. The molecule has 1 aliphatic rings. The van der Waals surface area contributed by atoms with Crippen LogP contribution < -0.4 is 9.64 Å². The Morgan fingerprint density at radius 1 is 1.25 bits per heavy atom. The van der Waals surface area contributed by atoms with E-state index in [0.29, 0.717) is 12.3 Å². The van der Waals surface area contributed by atoms with E-state index in [4.69, 9.17) is 18.9 Å². The number of hydrogen-bond donors (Lipinski definition) is 0. The zero-order valence-corrected chi connectivity index (χ0v) is 13.6. The topological polar surface area (TPSA) is 74.3 Å². The Kier molecular flexibility index (Phi) is 5.75. The van der Waals surface area contributed by atoms with E-state index in [-0.39, 0.29) is 30.4 Å². The molecule has 0 unspecified atom stereocenters. The second-order valence-electron chi connectivity index (χ2n) is 4.76. The van der Waals surface area contributed by atoms with Gasteiger partial charge in [-0.3, -0.25) is 0 Å². The third kappa shape index (κ3) is 3.48. The molecule has 1 aromatic rings. The third-order valence-corrected chi connectivity index (χ3v) is 3.35. The van der Waals surface area contributed by atoms with Gasteiger partial charge in [-0.1, -0.05) is 0 Å². The van der Waals surface area contributed by atoms with Crippen molar-refractivity contribution in [3.05, 3.63) is 35.3 Å². The molecular weight excluding hydrogens is 321 g/mol. The maximum Gasteiger partial charge on any atom is 0.355 e. The fourth-order valence-electron chi connectivity index (χ4n) is 2.32. The molecule has 0 aromatic heterocycles. The summed E-state index contributed by atoms with van der Waals surface area (Å²) in [4.78, 5) is 25.6. The van der Waals surface area contributed by atoms with Gasteiger partial charge in [-0.25, -0.2) is 14.0 Å². The van der Waals surface area contributed by atoms with Gasteiger partial charge in [0, 0.05) is 6.07 Å². The highest BCUT2D eigenvalue weighted by Gasteiger charge is 2.33. The number of hydrogen-bond acceptors (Lipinski definition) is 7. The van der Waals surface area contributed by atoms with Gasteiger partial charge in [-0.2, -0.15) is 0 Å². The predicted molar refractivity (Wildman–Crippen MR) is 81.9 cm³/mol. The molecule has 0 amide bonds. The average molecular weight is 339 g/mol. The lowest BCUT2D eigenvalue weighted by atomic mass is 10.1. The number of rotatable bonds is 5. The Labute approximate surface area is 138 Å². The highest BCUT2D eigenvalue weighted by atomic mass is 19.1. The van der Waals surface area contributed by atoms with E-state index in [1.807, 2.05) is 0 Å². The minimum Gasteiger partial charge on any atom is -0.492 e. The number of anilines is 1. The first-order chi connectivity index (χ1) is 11.5. The van der Waals surface area contributed by atoms with E-state index in [1.165, 1.54) is 37.3 Å². The minimum absolute atomic E-state index is 0.0161. The summed E-state index contributed by atoms with van der Waals surface area (Å²) in [6.07, 6.45) is 0. The van der Waals surface area contributed by atoms with Crippen molar-refractivity contribution in [1.82, 2.24) is 0 Å². The predicted octanol–water partition coefficient (Wildman–Crippen LogP) is 1.62. The van der Waals surface area contributed by atoms with Crippen molar-refractivity contribution in [2.75, 3.05) is 39.1 Å². The number of benzene rings is 1.